The lowest BCUT2D eigenvalue weighted by Gasteiger charge is -2.31. The molecule has 5 N–H and O–H groups in total. The molecule has 0 radical (unpaired) electrons. The molecule has 34 heavy (non-hydrogen) atoms. The van der Waals surface area contributed by atoms with Crippen molar-refractivity contribution in [1.29, 1.82) is 0 Å². The zero-order valence-electron chi connectivity index (χ0n) is 20.1. The van der Waals surface area contributed by atoms with E-state index >= 15 is 4.39 Å². The van der Waals surface area contributed by atoms with Gasteiger partial charge in [0.2, 0.25) is 0 Å². The highest BCUT2D eigenvalue weighted by Crippen LogP contribution is 2.38. The van der Waals surface area contributed by atoms with Crippen LogP contribution in [0.25, 0.3) is 5.69 Å². The smallest absolute Gasteiger partial charge is 0.319 e. The van der Waals surface area contributed by atoms with E-state index in [9.17, 15) is 9.59 Å². The van der Waals surface area contributed by atoms with Crippen molar-refractivity contribution < 1.29 is 18.7 Å². The van der Waals surface area contributed by atoms with Crippen LogP contribution in [-0.4, -0.2) is 40.3 Å². The lowest BCUT2D eigenvalue weighted by atomic mass is 9.76. The Bertz CT molecular complexity index is 1100. The molecule has 0 spiro atoms. The van der Waals surface area contributed by atoms with E-state index in [0.29, 0.717) is 37.1 Å². The van der Waals surface area contributed by atoms with Gasteiger partial charge in [0.25, 0.3) is 5.91 Å². The fraction of sp³-hybridized carbons (Fsp3) is 0.560. The summed E-state index contributed by atoms with van der Waals surface area (Å²) in [5, 5.41) is 8.05. The third-order valence-electron chi connectivity index (χ3n) is 7.05. The van der Waals surface area contributed by atoms with Crippen molar-refractivity contribution in [1.82, 2.24) is 9.78 Å². The summed E-state index contributed by atoms with van der Waals surface area (Å²) in [6, 6.07) is 3.09. The van der Waals surface area contributed by atoms with E-state index < -0.39 is 17.7 Å². The number of halogens is 1. The summed E-state index contributed by atoms with van der Waals surface area (Å²) in [7, 11) is 0. The first-order valence-corrected chi connectivity index (χ1v) is 11.9. The highest BCUT2D eigenvalue weighted by molar-refractivity contribution is 5.99. The molecule has 0 saturated heterocycles. The van der Waals surface area contributed by atoms with Gasteiger partial charge < -0.3 is 21.5 Å². The molecule has 2 aliphatic rings. The van der Waals surface area contributed by atoms with Crippen molar-refractivity contribution in [3.63, 3.8) is 0 Å². The standard InChI is InChI=1S/C25H34FN5O3/c1-14-18-8-9-25(2,3)12-21(18)31(30-14)16-10-19(26)23(24(28)33)20(11-16)29-15-4-6-17(7-5-15)34-22(32)13-27/h10-11,15,17,29H,4-9,12-13,27H2,1-3H3,(H2,28,33). The highest BCUT2D eigenvalue weighted by atomic mass is 19.1. The molecular weight excluding hydrogens is 437 g/mol. The zero-order chi connectivity index (χ0) is 24.6. The van der Waals surface area contributed by atoms with Crippen LogP contribution in [0.15, 0.2) is 12.1 Å². The Kier molecular flexibility index (Phi) is 6.66. The first-order chi connectivity index (χ1) is 16.1. The van der Waals surface area contributed by atoms with Gasteiger partial charge in [0.05, 0.1) is 29.2 Å². The number of nitrogens with one attached hydrogen (secondary N) is 1. The second kappa shape index (κ2) is 9.37. The molecule has 0 unspecified atom stereocenters. The molecule has 1 aromatic carbocycles. The van der Waals surface area contributed by atoms with E-state index in [1.54, 1.807) is 6.07 Å². The van der Waals surface area contributed by atoms with Crippen molar-refractivity contribution in [3.8, 4) is 5.69 Å². The van der Waals surface area contributed by atoms with Crippen LogP contribution in [-0.2, 0) is 22.4 Å². The molecule has 1 aromatic heterocycles. The molecule has 184 valence electrons. The Hall–Kier alpha value is -2.94. The van der Waals surface area contributed by atoms with Gasteiger partial charge in [0.15, 0.2) is 0 Å². The number of esters is 1. The summed E-state index contributed by atoms with van der Waals surface area (Å²) in [6.07, 6.45) is 5.44. The fourth-order valence-corrected chi connectivity index (χ4v) is 5.19. The van der Waals surface area contributed by atoms with Gasteiger partial charge in [-0.3, -0.25) is 9.59 Å². The third-order valence-corrected chi connectivity index (χ3v) is 7.05. The number of nitrogens with two attached hydrogens (primary N) is 2. The van der Waals surface area contributed by atoms with Crippen molar-refractivity contribution in [2.75, 3.05) is 11.9 Å². The van der Waals surface area contributed by atoms with Crippen molar-refractivity contribution in [2.24, 2.45) is 16.9 Å². The van der Waals surface area contributed by atoms with Gasteiger partial charge in [-0.1, -0.05) is 13.8 Å². The van der Waals surface area contributed by atoms with Gasteiger partial charge in [0, 0.05) is 17.8 Å². The molecule has 9 heteroatoms. The highest BCUT2D eigenvalue weighted by Gasteiger charge is 2.31. The number of nitrogens with zero attached hydrogens (tertiary/aromatic N) is 2. The Morgan fingerprint density at radius 2 is 1.97 bits per heavy atom. The number of hydrogen-bond acceptors (Lipinski definition) is 6. The number of benzene rings is 1. The molecule has 4 rings (SSSR count). The zero-order valence-corrected chi connectivity index (χ0v) is 20.1. The Balaban J connectivity index is 1.62. The van der Waals surface area contributed by atoms with E-state index in [-0.39, 0.29) is 29.7 Å². The average molecular weight is 472 g/mol. The van der Waals surface area contributed by atoms with E-state index in [0.717, 1.165) is 30.7 Å². The van der Waals surface area contributed by atoms with E-state index in [2.05, 4.69) is 19.2 Å². The van der Waals surface area contributed by atoms with Crippen LogP contribution in [0.5, 0.6) is 0 Å². The second-order valence-corrected chi connectivity index (χ2v) is 10.3. The first-order valence-electron chi connectivity index (χ1n) is 11.9. The number of anilines is 1. The monoisotopic (exact) mass is 471 g/mol. The van der Waals surface area contributed by atoms with Crippen LogP contribution in [0.2, 0.25) is 0 Å². The maximum Gasteiger partial charge on any atom is 0.319 e. The first kappa shape index (κ1) is 24.2. The summed E-state index contributed by atoms with van der Waals surface area (Å²) in [4.78, 5) is 23.6. The third kappa shape index (κ3) is 4.94. The lowest BCUT2D eigenvalue weighted by molar-refractivity contribution is -0.148. The maximum absolute atomic E-state index is 15.2. The van der Waals surface area contributed by atoms with Gasteiger partial charge in [-0.25, -0.2) is 9.07 Å². The minimum absolute atomic E-state index is 0.00668. The number of carbonyl (C=O) groups excluding carboxylic acids is 2. The van der Waals surface area contributed by atoms with Crippen LogP contribution in [0.3, 0.4) is 0 Å². The molecule has 1 heterocycles. The largest absolute Gasteiger partial charge is 0.461 e. The van der Waals surface area contributed by atoms with Gasteiger partial charge in [0.1, 0.15) is 11.9 Å². The summed E-state index contributed by atoms with van der Waals surface area (Å²) in [5.74, 6) is -1.91. The van der Waals surface area contributed by atoms with Crippen LogP contribution >= 0.6 is 0 Å². The average Bonchev–Trinajstić information content (AvgIpc) is 3.08. The van der Waals surface area contributed by atoms with Crippen LogP contribution < -0.4 is 16.8 Å². The molecule has 1 fully saturated rings. The summed E-state index contributed by atoms with van der Waals surface area (Å²) >= 11 is 0. The van der Waals surface area contributed by atoms with Crippen LogP contribution in [0.4, 0.5) is 10.1 Å². The molecule has 0 atom stereocenters. The van der Waals surface area contributed by atoms with Gasteiger partial charge in [-0.05, 0) is 68.9 Å². The number of fused-ring (bicyclic) bond motifs is 1. The predicted molar refractivity (Wildman–Crippen MR) is 127 cm³/mol. The van der Waals surface area contributed by atoms with Crippen molar-refractivity contribution >= 4 is 17.6 Å². The minimum Gasteiger partial charge on any atom is -0.461 e. The SMILES string of the molecule is Cc1nn(-c2cc(F)c(C(N)=O)c(NC3CCC(OC(=O)CN)CC3)c2)c2c1CCC(C)(C)C2. The summed E-state index contributed by atoms with van der Waals surface area (Å²) < 4.78 is 22.3. The number of hydrogen-bond donors (Lipinski definition) is 3. The number of aryl methyl sites for hydroxylation is 1. The molecule has 2 aromatic rings. The molecule has 8 nitrogen and oxygen atoms in total. The number of ether oxygens (including phenoxy) is 1. The molecule has 1 amide bonds. The Morgan fingerprint density at radius 1 is 1.26 bits per heavy atom. The summed E-state index contributed by atoms with van der Waals surface area (Å²) in [6.45, 7) is 6.30. The number of amides is 1. The minimum atomic E-state index is -0.822. The van der Waals surface area contributed by atoms with Crippen LogP contribution in [0.1, 0.15) is 73.3 Å². The van der Waals surface area contributed by atoms with E-state index in [1.165, 1.54) is 11.6 Å². The molecule has 1 saturated carbocycles. The van der Waals surface area contributed by atoms with Crippen molar-refractivity contribution in [3.05, 3.63) is 40.5 Å². The predicted octanol–water partition coefficient (Wildman–Crippen LogP) is 3.16. The number of aromatic nitrogens is 2. The van der Waals surface area contributed by atoms with Gasteiger partial charge in [-0.2, -0.15) is 5.10 Å². The van der Waals surface area contributed by atoms with E-state index in [1.807, 2.05) is 11.6 Å². The van der Waals surface area contributed by atoms with E-state index in [4.69, 9.17) is 21.3 Å². The quantitative estimate of drug-likeness (QED) is 0.556. The normalized spacial score (nSPS) is 21.6. The number of primary amides is 1. The molecule has 0 bridgehead atoms. The Labute approximate surface area is 199 Å². The molecule has 0 aliphatic heterocycles. The summed E-state index contributed by atoms with van der Waals surface area (Å²) in [5.41, 5.74) is 15.0. The Morgan fingerprint density at radius 3 is 2.62 bits per heavy atom. The topological polar surface area (TPSA) is 125 Å². The molecule has 2 aliphatic carbocycles. The number of carbonyl (C=O) groups is 2. The fourth-order valence-electron chi connectivity index (χ4n) is 5.19. The maximum atomic E-state index is 15.2. The van der Waals surface area contributed by atoms with Gasteiger partial charge in [-0.15, -0.1) is 0 Å². The lowest BCUT2D eigenvalue weighted by Crippen LogP contribution is -2.33. The second-order valence-electron chi connectivity index (χ2n) is 10.3. The van der Waals surface area contributed by atoms with Crippen LogP contribution in [0, 0.1) is 18.2 Å². The number of rotatable bonds is 6. The molecular formula is C25H34FN5O3. The van der Waals surface area contributed by atoms with Crippen molar-refractivity contribution in [2.45, 2.75) is 77.9 Å². The van der Waals surface area contributed by atoms with Gasteiger partial charge >= 0.3 is 5.97 Å².